The molecule has 6 nitrogen and oxygen atoms in total. The van der Waals surface area contributed by atoms with Crippen molar-refractivity contribution < 1.29 is 13.9 Å². The van der Waals surface area contributed by atoms with E-state index in [1.54, 1.807) is 17.5 Å². The molecule has 2 heterocycles. The first-order valence-corrected chi connectivity index (χ1v) is 9.35. The van der Waals surface area contributed by atoms with Crippen molar-refractivity contribution in [1.29, 1.82) is 0 Å². The maximum Gasteiger partial charge on any atom is 0.226 e. The van der Waals surface area contributed by atoms with Crippen LogP contribution >= 0.6 is 11.3 Å². The van der Waals surface area contributed by atoms with Crippen molar-refractivity contribution in [3.63, 3.8) is 0 Å². The highest BCUT2D eigenvalue weighted by Gasteiger charge is 2.13. The summed E-state index contributed by atoms with van der Waals surface area (Å²) in [6.45, 7) is 3.94. The molecule has 0 aliphatic carbocycles. The van der Waals surface area contributed by atoms with E-state index in [0.717, 1.165) is 17.0 Å². The van der Waals surface area contributed by atoms with Gasteiger partial charge in [-0.15, -0.1) is 11.3 Å². The van der Waals surface area contributed by atoms with E-state index in [1.807, 2.05) is 25.6 Å². The number of carbonyl (C=O) groups excluding carboxylic acids is 1. The number of methoxy groups -OCH3 is 1. The van der Waals surface area contributed by atoms with Crippen LogP contribution in [0.15, 0.2) is 23.6 Å². The summed E-state index contributed by atoms with van der Waals surface area (Å²) in [5.74, 6) is -0.376. The summed E-state index contributed by atoms with van der Waals surface area (Å²) in [5, 5.41) is 9.45. The van der Waals surface area contributed by atoms with Gasteiger partial charge in [0.25, 0.3) is 0 Å². The number of halogens is 1. The van der Waals surface area contributed by atoms with Crippen LogP contribution in [-0.2, 0) is 18.3 Å². The Morgan fingerprint density at radius 1 is 1.37 bits per heavy atom. The molecule has 0 radical (unpaired) electrons. The van der Waals surface area contributed by atoms with Gasteiger partial charge in [-0.25, -0.2) is 9.37 Å². The SMILES string of the molecule is COc1ccc(-c2csc(NC(=O)CCc3c(C)nn(C)c3C)n2)cc1F. The summed E-state index contributed by atoms with van der Waals surface area (Å²) >= 11 is 1.31. The molecule has 0 aliphatic rings. The van der Waals surface area contributed by atoms with Gasteiger partial charge in [-0.1, -0.05) is 0 Å². The van der Waals surface area contributed by atoms with Crippen LogP contribution in [-0.4, -0.2) is 27.8 Å². The van der Waals surface area contributed by atoms with Gasteiger partial charge in [-0.3, -0.25) is 9.48 Å². The van der Waals surface area contributed by atoms with Crippen molar-refractivity contribution in [2.45, 2.75) is 26.7 Å². The number of rotatable bonds is 6. The van der Waals surface area contributed by atoms with E-state index in [-0.39, 0.29) is 11.7 Å². The number of thiazole rings is 1. The number of hydrogen-bond donors (Lipinski definition) is 1. The van der Waals surface area contributed by atoms with Gasteiger partial charge in [-0.05, 0) is 44.0 Å². The highest BCUT2D eigenvalue weighted by molar-refractivity contribution is 7.14. The topological polar surface area (TPSA) is 69.0 Å². The van der Waals surface area contributed by atoms with E-state index in [1.165, 1.54) is 24.5 Å². The molecule has 0 spiro atoms. The van der Waals surface area contributed by atoms with Crippen LogP contribution in [0, 0.1) is 19.7 Å². The van der Waals surface area contributed by atoms with Gasteiger partial charge in [0.2, 0.25) is 5.91 Å². The smallest absolute Gasteiger partial charge is 0.226 e. The lowest BCUT2D eigenvalue weighted by atomic mass is 10.1. The minimum Gasteiger partial charge on any atom is -0.494 e. The number of ether oxygens (including phenoxy) is 1. The number of benzene rings is 1. The van der Waals surface area contributed by atoms with Gasteiger partial charge in [0.1, 0.15) is 0 Å². The van der Waals surface area contributed by atoms with Crippen molar-refractivity contribution in [3.8, 4) is 17.0 Å². The lowest BCUT2D eigenvalue weighted by Gasteiger charge is -2.04. The second-order valence-corrected chi connectivity index (χ2v) is 7.07. The summed E-state index contributed by atoms with van der Waals surface area (Å²) < 4.78 is 20.6. The Labute approximate surface area is 161 Å². The summed E-state index contributed by atoms with van der Waals surface area (Å²) in [5.41, 5.74) is 4.35. The quantitative estimate of drug-likeness (QED) is 0.696. The number of hydrogen-bond acceptors (Lipinski definition) is 5. The van der Waals surface area contributed by atoms with Crippen molar-refractivity contribution in [1.82, 2.24) is 14.8 Å². The van der Waals surface area contributed by atoms with E-state index in [9.17, 15) is 9.18 Å². The molecule has 0 atom stereocenters. The van der Waals surface area contributed by atoms with Crippen molar-refractivity contribution in [2.24, 2.45) is 7.05 Å². The number of anilines is 1. The monoisotopic (exact) mass is 388 g/mol. The lowest BCUT2D eigenvalue weighted by molar-refractivity contribution is -0.116. The molecule has 1 N–H and O–H groups in total. The minimum atomic E-state index is -0.448. The zero-order valence-corrected chi connectivity index (χ0v) is 16.5. The van der Waals surface area contributed by atoms with Crippen LogP contribution in [0.5, 0.6) is 5.75 Å². The Bertz CT molecular complexity index is 980. The number of aromatic nitrogens is 3. The number of amides is 1. The van der Waals surface area contributed by atoms with Gasteiger partial charge in [-0.2, -0.15) is 5.10 Å². The van der Waals surface area contributed by atoms with Crippen molar-refractivity contribution >= 4 is 22.4 Å². The molecule has 0 unspecified atom stereocenters. The molecule has 0 saturated heterocycles. The van der Waals surface area contributed by atoms with Crippen LogP contribution in [0.4, 0.5) is 9.52 Å². The minimum absolute atomic E-state index is 0.112. The first-order chi connectivity index (χ1) is 12.9. The molecule has 2 aromatic heterocycles. The first-order valence-electron chi connectivity index (χ1n) is 8.47. The molecule has 0 aliphatic heterocycles. The molecule has 0 saturated carbocycles. The van der Waals surface area contributed by atoms with Gasteiger partial charge in [0, 0.05) is 30.1 Å². The average Bonchev–Trinajstić information content (AvgIpc) is 3.18. The lowest BCUT2D eigenvalue weighted by Crippen LogP contribution is -2.12. The predicted molar refractivity (Wildman–Crippen MR) is 104 cm³/mol. The molecular weight excluding hydrogens is 367 g/mol. The van der Waals surface area contributed by atoms with Crippen LogP contribution in [0.2, 0.25) is 0 Å². The number of nitrogens with zero attached hydrogens (tertiary/aromatic N) is 3. The van der Waals surface area contributed by atoms with Gasteiger partial charge in [0.05, 0.1) is 18.5 Å². The molecule has 1 aromatic carbocycles. The molecule has 1 amide bonds. The molecule has 8 heteroatoms. The highest BCUT2D eigenvalue weighted by Crippen LogP contribution is 2.28. The normalized spacial score (nSPS) is 10.9. The van der Waals surface area contributed by atoms with E-state index in [2.05, 4.69) is 15.4 Å². The van der Waals surface area contributed by atoms with Crippen LogP contribution in [0.25, 0.3) is 11.3 Å². The van der Waals surface area contributed by atoms with Crippen LogP contribution < -0.4 is 10.1 Å². The summed E-state index contributed by atoms with van der Waals surface area (Å²) in [6, 6.07) is 4.66. The second-order valence-electron chi connectivity index (χ2n) is 6.21. The van der Waals surface area contributed by atoms with E-state index in [4.69, 9.17) is 4.74 Å². The zero-order chi connectivity index (χ0) is 19.6. The Kier molecular flexibility index (Phi) is 5.55. The Balaban J connectivity index is 1.63. The fourth-order valence-electron chi connectivity index (χ4n) is 2.89. The third kappa shape index (κ3) is 4.16. The zero-order valence-electron chi connectivity index (χ0n) is 15.7. The molecule has 0 fully saturated rings. The Morgan fingerprint density at radius 2 is 2.15 bits per heavy atom. The fourth-order valence-corrected chi connectivity index (χ4v) is 3.62. The molecule has 3 rings (SSSR count). The average molecular weight is 388 g/mol. The van der Waals surface area contributed by atoms with E-state index in [0.29, 0.717) is 29.2 Å². The van der Waals surface area contributed by atoms with E-state index < -0.39 is 5.82 Å². The molecule has 142 valence electrons. The third-order valence-electron chi connectivity index (χ3n) is 4.46. The van der Waals surface area contributed by atoms with Gasteiger partial charge in [0.15, 0.2) is 16.7 Å². The second kappa shape index (κ2) is 7.87. The maximum atomic E-state index is 13.9. The number of nitrogens with one attached hydrogen (secondary N) is 1. The predicted octanol–water partition coefficient (Wildman–Crippen LogP) is 3.88. The maximum absolute atomic E-state index is 13.9. The van der Waals surface area contributed by atoms with Crippen LogP contribution in [0.3, 0.4) is 0 Å². The fraction of sp³-hybridized carbons (Fsp3) is 0.316. The van der Waals surface area contributed by atoms with Crippen molar-refractivity contribution in [2.75, 3.05) is 12.4 Å². The van der Waals surface area contributed by atoms with Gasteiger partial charge < -0.3 is 10.1 Å². The van der Waals surface area contributed by atoms with Crippen LogP contribution in [0.1, 0.15) is 23.4 Å². The first kappa shape index (κ1) is 19.0. The van der Waals surface area contributed by atoms with Crippen molar-refractivity contribution in [3.05, 3.63) is 46.3 Å². The summed E-state index contributed by atoms with van der Waals surface area (Å²) in [7, 11) is 3.31. The molecule has 0 bridgehead atoms. The third-order valence-corrected chi connectivity index (χ3v) is 5.22. The standard InChI is InChI=1S/C19H21FN4O2S/c1-11-14(12(2)24(3)23-11)6-8-18(25)22-19-21-16(10-27-19)13-5-7-17(26-4)15(20)9-13/h5,7,9-10H,6,8H2,1-4H3,(H,21,22,25). The largest absolute Gasteiger partial charge is 0.494 e. The number of carbonyl (C=O) groups is 1. The summed E-state index contributed by atoms with van der Waals surface area (Å²) in [4.78, 5) is 16.6. The van der Waals surface area contributed by atoms with E-state index >= 15 is 0 Å². The Morgan fingerprint density at radius 3 is 2.78 bits per heavy atom. The Hall–Kier alpha value is -2.74. The van der Waals surface area contributed by atoms with Gasteiger partial charge >= 0.3 is 0 Å². The molecule has 27 heavy (non-hydrogen) atoms. The molecular formula is C19H21FN4O2S. The molecule has 3 aromatic rings. The number of aryl methyl sites for hydroxylation is 2. The summed E-state index contributed by atoms with van der Waals surface area (Å²) in [6.07, 6.45) is 0.971. The highest BCUT2D eigenvalue weighted by atomic mass is 32.1.